The number of likely N-dealkylation sites (tertiary alicyclic amines) is 1. The molecule has 3 aromatic heterocycles. The van der Waals surface area contributed by atoms with Crippen molar-refractivity contribution in [2.75, 3.05) is 6.54 Å². The summed E-state index contributed by atoms with van der Waals surface area (Å²) >= 11 is 1.53. The van der Waals surface area contributed by atoms with Crippen LogP contribution in [0.25, 0.3) is 11.5 Å². The van der Waals surface area contributed by atoms with Gasteiger partial charge in [0.25, 0.3) is 11.8 Å². The Morgan fingerprint density at radius 1 is 1.16 bits per heavy atom. The first kappa shape index (κ1) is 24.7. The van der Waals surface area contributed by atoms with Crippen LogP contribution < -0.4 is 11.5 Å². The highest BCUT2D eigenvalue weighted by atomic mass is 32.1. The van der Waals surface area contributed by atoms with Crippen molar-refractivity contribution in [3.05, 3.63) is 81.4 Å². The molecule has 0 saturated carbocycles. The van der Waals surface area contributed by atoms with Gasteiger partial charge in [0.2, 0.25) is 11.8 Å². The molecular weight excluding hydrogens is 490 g/mol. The number of rotatable bonds is 7. The summed E-state index contributed by atoms with van der Waals surface area (Å²) in [4.78, 5) is 36.2. The third-order valence-corrected chi connectivity index (χ3v) is 7.37. The number of pyridine rings is 1. The Bertz CT molecular complexity index is 1450. The van der Waals surface area contributed by atoms with Crippen molar-refractivity contribution < 1.29 is 14.0 Å². The normalized spacial score (nSPS) is 17.1. The van der Waals surface area contributed by atoms with Crippen LogP contribution in [0.4, 0.5) is 0 Å². The molecule has 4 aromatic rings. The number of nitrogens with two attached hydrogens (primary N) is 2. The van der Waals surface area contributed by atoms with Crippen LogP contribution in [-0.2, 0) is 12.0 Å². The molecule has 0 spiro atoms. The lowest BCUT2D eigenvalue weighted by molar-refractivity contribution is 0.0729. The predicted octanol–water partition coefficient (Wildman–Crippen LogP) is 3.39. The van der Waals surface area contributed by atoms with Crippen molar-refractivity contribution in [2.24, 2.45) is 11.5 Å². The molecule has 1 fully saturated rings. The number of aromatic nitrogens is 4. The molecule has 0 radical (unpaired) electrons. The Morgan fingerprint density at radius 3 is 2.62 bits per heavy atom. The van der Waals surface area contributed by atoms with Crippen molar-refractivity contribution in [1.29, 1.82) is 0 Å². The monoisotopic (exact) mass is 517 g/mol. The van der Waals surface area contributed by atoms with Gasteiger partial charge >= 0.3 is 0 Å². The van der Waals surface area contributed by atoms with Crippen LogP contribution in [0.2, 0.25) is 0 Å². The summed E-state index contributed by atoms with van der Waals surface area (Å²) in [5.41, 5.74) is 13.4. The van der Waals surface area contributed by atoms with E-state index in [1.54, 1.807) is 11.0 Å². The number of nitrogens with zero attached hydrogens (tertiary/aromatic N) is 5. The molecule has 0 bridgehead atoms. The lowest BCUT2D eigenvalue weighted by Gasteiger charge is -2.23. The van der Waals surface area contributed by atoms with Gasteiger partial charge in [-0.15, -0.1) is 21.5 Å². The average Bonchev–Trinajstić information content (AvgIpc) is 3.64. The summed E-state index contributed by atoms with van der Waals surface area (Å²) in [5.74, 6) is -0.730. The number of benzene rings is 1. The summed E-state index contributed by atoms with van der Waals surface area (Å²) in [7, 11) is 0. The number of aryl methyl sites for hydroxylation is 1. The van der Waals surface area contributed by atoms with E-state index in [0.29, 0.717) is 18.5 Å². The quantitative estimate of drug-likeness (QED) is 0.378. The summed E-state index contributed by atoms with van der Waals surface area (Å²) in [6.45, 7) is 4.30. The molecule has 11 heteroatoms. The van der Waals surface area contributed by atoms with E-state index in [0.717, 1.165) is 29.1 Å². The second kappa shape index (κ2) is 9.83. The minimum Gasteiger partial charge on any atom is -0.419 e. The molecule has 1 aromatic carbocycles. The van der Waals surface area contributed by atoms with Crippen molar-refractivity contribution in [3.8, 4) is 11.5 Å². The number of primary amides is 1. The molecule has 1 saturated heterocycles. The first-order valence-electron chi connectivity index (χ1n) is 11.9. The molecule has 2 atom stereocenters. The average molecular weight is 518 g/mol. The first-order valence-corrected chi connectivity index (χ1v) is 12.8. The number of carbonyl (C=O) groups is 2. The Morgan fingerprint density at radius 2 is 1.92 bits per heavy atom. The van der Waals surface area contributed by atoms with E-state index in [1.165, 1.54) is 17.4 Å². The molecule has 10 nitrogen and oxygen atoms in total. The van der Waals surface area contributed by atoms with Gasteiger partial charge in [-0.05, 0) is 50.8 Å². The number of thiazole rings is 1. The van der Waals surface area contributed by atoms with Crippen LogP contribution in [0.15, 0.2) is 52.3 Å². The molecule has 190 valence electrons. The summed E-state index contributed by atoms with van der Waals surface area (Å²) in [6, 6.07) is 12.6. The van der Waals surface area contributed by atoms with E-state index >= 15 is 0 Å². The van der Waals surface area contributed by atoms with E-state index in [2.05, 4.69) is 20.2 Å². The SMILES string of the molecule is Cc1csc(C2CCCN2C(=O)c2cc(-c3nnc(C(C)(N)Cc4ccccc4)o3)cc(C(N)=O)n2)n1. The van der Waals surface area contributed by atoms with Gasteiger partial charge in [0.15, 0.2) is 0 Å². The fourth-order valence-corrected chi connectivity index (χ4v) is 5.44. The highest BCUT2D eigenvalue weighted by Gasteiger charge is 2.34. The van der Waals surface area contributed by atoms with Crippen LogP contribution in [0.1, 0.15) is 68.9 Å². The minimum atomic E-state index is -0.931. The van der Waals surface area contributed by atoms with Crippen molar-refractivity contribution >= 4 is 23.2 Å². The molecule has 0 aliphatic carbocycles. The first-order chi connectivity index (χ1) is 17.7. The summed E-state index contributed by atoms with van der Waals surface area (Å²) in [6.07, 6.45) is 2.14. The van der Waals surface area contributed by atoms with Crippen LogP contribution >= 0.6 is 11.3 Å². The number of amides is 2. The number of hydrogen-bond donors (Lipinski definition) is 2. The Labute approximate surface area is 217 Å². The lowest BCUT2D eigenvalue weighted by Crippen LogP contribution is -2.35. The second-order valence-corrected chi connectivity index (χ2v) is 10.4. The molecule has 4 N–H and O–H groups in total. The zero-order valence-electron chi connectivity index (χ0n) is 20.5. The Kier molecular flexibility index (Phi) is 6.57. The minimum absolute atomic E-state index is 0.0683. The van der Waals surface area contributed by atoms with Crippen LogP contribution in [0.3, 0.4) is 0 Å². The number of hydrogen-bond acceptors (Lipinski definition) is 9. The maximum absolute atomic E-state index is 13.6. The molecule has 4 heterocycles. The molecule has 37 heavy (non-hydrogen) atoms. The third kappa shape index (κ3) is 5.13. The highest BCUT2D eigenvalue weighted by molar-refractivity contribution is 7.09. The fourth-order valence-electron chi connectivity index (χ4n) is 4.49. The van der Waals surface area contributed by atoms with Crippen molar-refractivity contribution in [2.45, 2.75) is 44.7 Å². The van der Waals surface area contributed by atoms with E-state index < -0.39 is 11.4 Å². The van der Waals surface area contributed by atoms with Gasteiger partial charge in [-0.25, -0.2) is 9.97 Å². The maximum Gasteiger partial charge on any atom is 0.273 e. The lowest BCUT2D eigenvalue weighted by atomic mass is 9.94. The van der Waals surface area contributed by atoms with E-state index in [4.69, 9.17) is 15.9 Å². The predicted molar refractivity (Wildman–Crippen MR) is 138 cm³/mol. The molecule has 2 amide bonds. The zero-order valence-corrected chi connectivity index (χ0v) is 21.4. The van der Waals surface area contributed by atoms with Gasteiger partial charge in [0.05, 0.1) is 11.6 Å². The van der Waals surface area contributed by atoms with Gasteiger partial charge in [-0.2, -0.15) is 0 Å². The molecule has 1 aliphatic rings. The second-order valence-electron chi connectivity index (χ2n) is 9.47. The summed E-state index contributed by atoms with van der Waals surface area (Å²) < 4.78 is 5.93. The number of carbonyl (C=O) groups excluding carboxylic acids is 2. The van der Waals surface area contributed by atoms with Gasteiger partial charge in [-0.3, -0.25) is 9.59 Å². The largest absolute Gasteiger partial charge is 0.419 e. The van der Waals surface area contributed by atoms with E-state index in [1.807, 2.05) is 49.6 Å². The maximum atomic E-state index is 13.6. The summed E-state index contributed by atoms with van der Waals surface area (Å²) in [5, 5.41) is 11.2. The molecular formula is C26H27N7O3S. The standard InChI is InChI=1S/C26H27N7O3S/c1-15-14-37-23(29-15)20-9-6-10-33(20)24(35)19-12-17(11-18(30-19)21(27)34)22-31-32-25(36-22)26(2,28)13-16-7-4-3-5-8-16/h3-5,7-8,11-12,14,20H,6,9-10,13,28H2,1-2H3,(H2,27,34). The van der Waals surface area contributed by atoms with Crippen molar-refractivity contribution in [1.82, 2.24) is 25.1 Å². The van der Waals surface area contributed by atoms with Crippen LogP contribution in [-0.4, -0.2) is 43.4 Å². The van der Waals surface area contributed by atoms with Gasteiger partial charge in [0.1, 0.15) is 16.4 Å². The van der Waals surface area contributed by atoms with Crippen LogP contribution in [0, 0.1) is 6.92 Å². The van der Waals surface area contributed by atoms with Gasteiger partial charge < -0.3 is 20.8 Å². The van der Waals surface area contributed by atoms with Gasteiger partial charge in [-0.1, -0.05) is 30.3 Å². The smallest absolute Gasteiger partial charge is 0.273 e. The van der Waals surface area contributed by atoms with E-state index in [9.17, 15) is 9.59 Å². The molecule has 5 rings (SSSR count). The fraction of sp³-hybridized carbons (Fsp3) is 0.308. The van der Waals surface area contributed by atoms with Gasteiger partial charge in [0, 0.05) is 23.2 Å². The molecule has 2 unspecified atom stereocenters. The highest BCUT2D eigenvalue weighted by Crippen LogP contribution is 2.35. The Balaban J connectivity index is 1.46. The van der Waals surface area contributed by atoms with E-state index in [-0.39, 0.29) is 35.1 Å². The van der Waals surface area contributed by atoms with Crippen LogP contribution in [0.5, 0.6) is 0 Å². The third-order valence-electron chi connectivity index (χ3n) is 6.31. The molecule has 1 aliphatic heterocycles. The zero-order chi connectivity index (χ0) is 26.2. The van der Waals surface area contributed by atoms with Crippen molar-refractivity contribution in [3.63, 3.8) is 0 Å². The topological polar surface area (TPSA) is 154 Å². The Hall–Kier alpha value is -3.96.